The number of hydrogen-bond donors (Lipinski definition) is 2. The number of halogens is 1. The first kappa shape index (κ1) is 18.3. The number of carbonyl (C=O) groups excluding carboxylic acids is 2. The second kappa shape index (κ2) is 8.73. The highest BCUT2D eigenvalue weighted by atomic mass is 79.9. The molecule has 0 fully saturated rings. The SMILES string of the molecule is O=C(CNC(=O)c1ccc(Br)cc1)Nc1ncc(Cc2ccccc2)s1. The lowest BCUT2D eigenvalue weighted by atomic mass is 10.1. The zero-order chi connectivity index (χ0) is 18.4. The maximum atomic E-state index is 12.0. The summed E-state index contributed by atoms with van der Waals surface area (Å²) in [6.45, 7) is -0.109. The molecule has 1 heterocycles. The van der Waals surface area contributed by atoms with Crippen LogP contribution in [-0.2, 0) is 11.2 Å². The molecule has 1 aromatic heterocycles. The van der Waals surface area contributed by atoms with Crippen LogP contribution >= 0.6 is 27.3 Å². The number of anilines is 1. The summed E-state index contributed by atoms with van der Waals surface area (Å²) in [5.74, 6) is -0.604. The molecule has 2 aromatic carbocycles. The maximum Gasteiger partial charge on any atom is 0.251 e. The molecule has 0 spiro atoms. The van der Waals surface area contributed by atoms with Gasteiger partial charge < -0.3 is 10.6 Å². The summed E-state index contributed by atoms with van der Waals surface area (Å²) in [7, 11) is 0. The summed E-state index contributed by atoms with van der Waals surface area (Å²) in [6.07, 6.45) is 2.53. The van der Waals surface area contributed by atoms with Gasteiger partial charge in [-0.2, -0.15) is 0 Å². The van der Waals surface area contributed by atoms with Gasteiger partial charge in [0, 0.05) is 27.5 Å². The van der Waals surface area contributed by atoms with E-state index in [0.717, 1.165) is 15.8 Å². The van der Waals surface area contributed by atoms with Crippen molar-refractivity contribution in [2.75, 3.05) is 11.9 Å². The highest BCUT2D eigenvalue weighted by Gasteiger charge is 2.10. The van der Waals surface area contributed by atoms with Crippen LogP contribution in [0.3, 0.4) is 0 Å². The zero-order valence-electron chi connectivity index (χ0n) is 13.7. The van der Waals surface area contributed by atoms with E-state index in [0.29, 0.717) is 10.7 Å². The quantitative estimate of drug-likeness (QED) is 0.624. The third-order valence-corrected chi connectivity index (χ3v) is 4.98. The number of rotatable bonds is 6. The van der Waals surface area contributed by atoms with E-state index in [4.69, 9.17) is 0 Å². The third-order valence-electron chi connectivity index (χ3n) is 3.54. The summed E-state index contributed by atoms with van der Waals surface area (Å²) >= 11 is 4.74. The Labute approximate surface area is 163 Å². The molecule has 0 bridgehead atoms. The van der Waals surface area contributed by atoms with E-state index < -0.39 is 0 Å². The van der Waals surface area contributed by atoms with Crippen LogP contribution < -0.4 is 10.6 Å². The lowest BCUT2D eigenvalue weighted by Gasteiger charge is -2.05. The molecule has 3 aromatic rings. The molecule has 0 saturated heterocycles. The van der Waals surface area contributed by atoms with Crippen LogP contribution in [0.25, 0.3) is 0 Å². The van der Waals surface area contributed by atoms with Crippen LogP contribution in [0.1, 0.15) is 20.8 Å². The topological polar surface area (TPSA) is 71.1 Å². The first-order valence-electron chi connectivity index (χ1n) is 7.92. The van der Waals surface area contributed by atoms with Gasteiger partial charge in [0.1, 0.15) is 0 Å². The number of carbonyl (C=O) groups is 2. The minimum absolute atomic E-state index is 0.109. The first-order chi connectivity index (χ1) is 12.6. The largest absolute Gasteiger partial charge is 0.343 e. The average Bonchev–Trinajstić information content (AvgIpc) is 3.08. The van der Waals surface area contributed by atoms with Crippen molar-refractivity contribution in [1.82, 2.24) is 10.3 Å². The molecule has 0 unspecified atom stereocenters. The summed E-state index contributed by atoms with van der Waals surface area (Å²) in [5.41, 5.74) is 1.69. The van der Waals surface area contributed by atoms with Gasteiger partial charge in [0.25, 0.3) is 5.91 Å². The molecule has 7 heteroatoms. The fraction of sp³-hybridized carbons (Fsp3) is 0.105. The summed E-state index contributed by atoms with van der Waals surface area (Å²) in [6, 6.07) is 17.0. The molecule has 2 N–H and O–H groups in total. The molecule has 2 amide bonds. The Morgan fingerprint density at radius 3 is 2.50 bits per heavy atom. The number of hydrogen-bond acceptors (Lipinski definition) is 4. The molecule has 3 rings (SSSR count). The van der Waals surface area contributed by atoms with Crippen LogP contribution in [0.2, 0.25) is 0 Å². The van der Waals surface area contributed by atoms with Gasteiger partial charge >= 0.3 is 0 Å². The number of aromatic nitrogens is 1. The molecular formula is C19H16BrN3O2S. The van der Waals surface area contributed by atoms with Crippen molar-refractivity contribution in [2.45, 2.75) is 6.42 Å². The monoisotopic (exact) mass is 429 g/mol. The van der Waals surface area contributed by atoms with Gasteiger partial charge in [-0.05, 0) is 29.8 Å². The van der Waals surface area contributed by atoms with E-state index in [-0.39, 0.29) is 18.4 Å². The van der Waals surface area contributed by atoms with Gasteiger partial charge in [0.05, 0.1) is 6.54 Å². The Kier molecular flexibility index (Phi) is 6.14. The van der Waals surface area contributed by atoms with E-state index in [1.807, 2.05) is 18.2 Å². The van der Waals surface area contributed by atoms with Gasteiger partial charge in [0.15, 0.2) is 5.13 Å². The molecular weight excluding hydrogens is 414 g/mol. The Morgan fingerprint density at radius 2 is 1.77 bits per heavy atom. The molecule has 0 aliphatic carbocycles. The minimum atomic E-state index is -0.309. The second-order valence-electron chi connectivity index (χ2n) is 5.53. The Hall–Kier alpha value is -2.51. The van der Waals surface area contributed by atoms with Crippen LogP contribution in [0.15, 0.2) is 65.3 Å². The molecule has 0 aliphatic heterocycles. The third kappa shape index (κ3) is 5.24. The second-order valence-corrected chi connectivity index (χ2v) is 7.56. The number of thiazole rings is 1. The van der Waals surface area contributed by atoms with Crippen molar-refractivity contribution < 1.29 is 9.59 Å². The standard InChI is InChI=1S/C19H16BrN3O2S/c20-15-8-6-14(7-9-15)18(25)21-12-17(24)23-19-22-11-16(26-19)10-13-4-2-1-3-5-13/h1-9,11H,10,12H2,(H,21,25)(H,22,23,24). The van der Waals surface area contributed by atoms with Crippen LogP contribution in [0.4, 0.5) is 5.13 Å². The maximum absolute atomic E-state index is 12.0. The van der Waals surface area contributed by atoms with Crippen LogP contribution in [0, 0.1) is 0 Å². The van der Waals surface area contributed by atoms with Crippen molar-refractivity contribution >= 4 is 44.2 Å². The predicted molar refractivity (Wildman–Crippen MR) is 106 cm³/mol. The molecule has 26 heavy (non-hydrogen) atoms. The normalized spacial score (nSPS) is 10.3. The molecule has 0 atom stereocenters. The van der Waals surface area contributed by atoms with E-state index >= 15 is 0 Å². The summed E-state index contributed by atoms with van der Waals surface area (Å²) < 4.78 is 0.891. The predicted octanol–water partition coefficient (Wildman–Crippen LogP) is 3.86. The fourth-order valence-electron chi connectivity index (χ4n) is 2.27. The van der Waals surface area contributed by atoms with Crippen LogP contribution in [-0.4, -0.2) is 23.3 Å². The zero-order valence-corrected chi connectivity index (χ0v) is 16.1. The van der Waals surface area contributed by atoms with Gasteiger partial charge in [0.2, 0.25) is 5.91 Å². The van der Waals surface area contributed by atoms with Gasteiger partial charge in [-0.15, -0.1) is 11.3 Å². The molecule has 0 aliphatic rings. The van der Waals surface area contributed by atoms with Crippen molar-refractivity contribution in [1.29, 1.82) is 0 Å². The highest BCUT2D eigenvalue weighted by Crippen LogP contribution is 2.21. The van der Waals surface area contributed by atoms with Gasteiger partial charge in [-0.3, -0.25) is 9.59 Å². The Bertz CT molecular complexity index is 895. The average molecular weight is 430 g/mol. The van der Waals surface area contributed by atoms with E-state index in [1.165, 1.54) is 16.9 Å². The number of nitrogens with one attached hydrogen (secondary N) is 2. The van der Waals surface area contributed by atoms with E-state index in [1.54, 1.807) is 30.5 Å². The lowest BCUT2D eigenvalue weighted by molar-refractivity contribution is -0.115. The Balaban J connectivity index is 1.49. The molecule has 5 nitrogen and oxygen atoms in total. The lowest BCUT2D eigenvalue weighted by Crippen LogP contribution is -2.32. The van der Waals surface area contributed by atoms with E-state index in [2.05, 4.69) is 43.7 Å². The van der Waals surface area contributed by atoms with Crippen molar-refractivity contribution in [3.63, 3.8) is 0 Å². The van der Waals surface area contributed by atoms with Gasteiger partial charge in [-0.25, -0.2) is 4.98 Å². The molecule has 132 valence electrons. The smallest absolute Gasteiger partial charge is 0.251 e. The van der Waals surface area contributed by atoms with Crippen LogP contribution in [0.5, 0.6) is 0 Å². The minimum Gasteiger partial charge on any atom is -0.343 e. The highest BCUT2D eigenvalue weighted by molar-refractivity contribution is 9.10. The van der Waals surface area contributed by atoms with Crippen molar-refractivity contribution in [3.8, 4) is 0 Å². The first-order valence-corrected chi connectivity index (χ1v) is 9.53. The summed E-state index contributed by atoms with van der Waals surface area (Å²) in [5, 5.41) is 5.83. The molecule has 0 saturated carbocycles. The number of benzene rings is 2. The van der Waals surface area contributed by atoms with Crippen molar-refractivity contribution in [2.24, 2.45) is 0 Å². The Morgan fingerprint density at radius 1 is 1.04 bits per heavy atom. The van der Waals surface area contributed by atoms with Gasteiger partial charge in [-0.1, -0.05) is 46.3 Å². The molecule has 0 radical (unpaired) electrons. The van der Waals surface area contributed by atoms with E-state index in [9.17, 15) is 9.59 Å². The number of amides is 2. The van der Waals surface area contributed by atoms with Crippen molar-refractivity contribution in [3.05, 3.63) is 81.3 Å². The number of nitrogens with zero attached hydrogens (tertiary/aromatic N) is 1. The fourth-order valence-corrected chi connectivity index (χ4v) is 3.40. The summed E-state index contributed by atoms with van der Waals surface area (Å²) in [4.78, 5) is 29.3.